The Balaban J connectivity index is 1.87. The molecule has 0 aromatic heterocycles. The van der Waals surface area contributed by atoms with Crippen molar-refractivity contribution in [2.75, 3.05) is 0 Å². The summed E-state index contributed by atoms with van der Waals surface area (Å²) in [6, 6.07) is 14.5. The molecule has 0 radical (unpaired) electrons. The summed E-state index contributed by atoms with van der Waals surface area (Å²) in [5, 5.41) is 1.75. The predicted molar refractivity (Wildman–Crippen MR) is 101 cm³/mol. The standard InChI is InChI=1S/C22H20O4/c1-13-9-15(3)21(10-14(13)2)26-22(24)19-6-5-18-12-20(25-16(4)23)8-7-17(18)11-19/h5-12H,1-4H3. The normalized spacial score (nSPS) is 10.6. The first kappa shape index (κ1) is 17.7. The summed E-state index contributed by atoms with van der Waals surface area (Å²) in [6.45, 7) is 7.30. The molecular weight excluding hydrogens is 328 g/mol. The fourth-order valence-electron chi connectivity index (χ4n) is 2.78. The van der Waals surface area contributed by atoms with Crippen LogP contribution in [0.4, 0.5) is 0 Å². The Morgan fingerprint density at radius 1 is 0.731 bits per heavy atom. The second-order valence-corrected chi connectivity index (χ2v) is 6.41. The molecule has 3 aromatic rings. The van der Waals surface area contributed by atoms with Gasteiger partial charge in [-0.05, 0) is 78.6 Å². The van der Waals surface area contributed by atoms with Crippen LogP contribution in [-0.2, 0) is 4.79 Å². The van der Waals surface area contributed by atoms with Crippen LogP contribution in [0, 0.1) is 20.8 Å². The highest BCUT2D eigenvalue weighted by molar-refractivity contribution is 5.97. The van der Waals surface area contributed by atoms with Gasteiger partial charge in [0.2, 0.25) is 0 Å². The second kappa shape index (κ2) is 7.00. The van der Waals surface area contributed by atoms with E-state index >= 15 is 0 Å². The van der Waals surface area contributed by atoms with Gasteiger partial charge in [-0.3, -0.25) is 4.79 Å². The molecule has 0 N–H and O–H groups in total. The summed E-state index contributed by atoms with van der Waals surface area (Å²) >= 11 is 0. The zero-order valence-electron chi connectivity index (χ0n) is 15.3. The Labute approximate surface area is 152 Å². The highest BCUT2D eigenvalue weighted by Gasteiger charge is 2.12. The van der Waals surface area contributed by atoms with Gasteiger partial charge < -0.3 is 9.47 Å². The van der Waals surface area contributed by atoms with E-state index < -0.39 is 5.97 Å². The number of rotatable bonds is 3. The summed E-state index contributed by atoms with van der Waals surface area (Å²) in [5.74, 6) is 0.283. The van der Waals surface area contributed by atoms with Gasteiger partial charge in [-0.2, -0.15) is 0 Å². The number of ether oxygens (including phenoxy) is 2. The number of carbonyl (C=O) groups is 2. The Morgan fingerprint density at radius 3 is 2.12 bits per heavy atom. The summed E-state index contributed by atoms with van der Waals surface area (Å²) in [6.07, 6.45) is 0. The molecule has 132 valence electrons. The molecule has 4 heteroatoms. The van der Waals surface area contributed by atoms with E-state index in [0.29, 0.717) is 17.1 Å². The fraction of sp³-hybridized carbons (Fsp3) is 0.182. The van der Waals surface area contributed by atoms with E-state index in [1.54, 1.807) is 24.3 Å². The van der Waals surface area contributed by atoms with Crippen LogP contribution >= 0.6 is 0 Å². The molecule has 0 aliphatic heterocycles. The average molecular weight is 348 g/mol. The van der Waals surface area contributed by atoms with Crippen molar-refractivity contribution >= 4 is 22.7 Å². The molecule has 0 aliphatic carbocycles. The van der Waals surface area contributed by atoms with Crippen molar-refractivity contribution in [3.8, 4) is 11.5 Å². The van der Waals surface area contributed by atoms with E-state index in [1.165, 1.54) is 6.92 Å². The first-order chi connectivity index (χ1) is 12.3. The van der Waals surface area contributed by atoms with E-state index in [9.17, 15) is 9.59 Å². The monoisotopic (exact) mass is 348 g/mol. The largest absolute Gasteiger partial charge is 0.427 e. The number of fused-ring (bicyclic) bond motifs is 1. The van der Waals surface area contributed by atoms with Gasteiger partial charge in [0.05, 0.1) is 5.56 Å². The SMILES string of the molecule is CC(=O)Oc1ccc2cc(C(=O)Oc3cc(C)c(C)cc3C)ccc2c1. The minimum Gasteiger partial charge on any atom is -0.427 e. The molecule has 0 bridgehead atoms. The molecule has 3 aromatic carbocycles. The van der Waals surface area contributed by atoms with Crippen LogP contribution in [0.3, 0.4) is 0 Å². The van der Waals surface area contributed by atoms with E-state index in [1.807, 2.05) is 45.0 Å². The summed E-state index contributed by atoms with van der Waals surface area (Å²) in [7, 11) is 0. The van der Waals surface area contributed by atoms with E-state index in [2.05, 4.69) is 0 Å². The van der Waals surface area contributed by atoms with Gasteiger partial charge in [-0.15, -0.1) is 0 Å². The molecule has 0 amide bonds. The van der Waals surface area contributed by atoms with E-state index in [0.717, 1.165) is 27.5 Å². The fourth-order valence-corrected chi connectivity index (χ4v) is 2.78. The minimum absolute atomic E-state index is 0.367. The average Bonchev–Trinajstić information content (AvgIpc) is 2.58. The van der Waals surface area contributed by atoms with Crippen molar-refractivity contribution < 1.29 is 19.1 Å². The Bertz CT molecular complexity index is 1020. The topological polar surface area (TPSA) is 52.6 Å². The van der Waals surface area contributed by atoms with Crippen LogP contribution in [-0.4, -0.2) is 11.9 Å². The Hall–Kier alpha value is -3.14. The maximum Gasteiger partial charge on any atom is 0.343 e. The Kier molecular flexibility index (Phi) is 4.76. The Morgan fingerprint density at radius 2 is 1.38 bits per heavy atom. The van der Waals surface area contributed by atoms with Crippen molar-refractivity contribution in [2.24, 2.45) is 0 Å². The highest BCUT2D eigenvalue weighted by Crippen LogP contribution is 2.25. The van der Waals surface area contributed by atoms with Crippen molar-refractivity contribution in [3.05, 3.63) is 70.8 Å². The lowest BCUT2D eigenvalue weighted by molar-refractivity contribution is -0.131. The van der Waals surface area contributed by atoms with E-state index in [4.69, 9.17) is 9.47 Å². The minimum atomic E-state index is -0.401. The van der Waals surface area contributed by atoms with Crippen molar-refractivity contribution in [1.82, 2.24) is 0 Å². The second-order valence-electron chi connectivity index (χ2n) is 6.41. The van der Waals surface area contributed by atoms with Crippen LogP contribution < -0.4 is 9.47 Å². The molecule has 3 rings (SSSR count). The first-order valence-corrected chi connectivity index (χ1v) is 8.36. The van der Waals surface area contributed by atoms with Gasteiger partial charge in [0.25, 0.3) is 0 Å². The number of aryl methyl sites for hydroxylation is 3. The number of benzene rings is 3. The van der Waals surface area contributed by atoms with E-state index in [-0.39, 0.29) is 5.97 Å². The smallest absolute Gasteiger partial charge is 0.343 e. The van der Waals surface area contributed by atoms with Gasteiger partial charge in [-0.1, -0.05) is 18.2 Å². The molecule has 0 spiro atoms. The zero-order valence-corrected chi connectivity index (χ0v) is 15.3. The molecule has 0 fully saturated rings. The summed E-state index contributed by atoms with van der Waals surface area (Å²) in [4.78, 5) is 23.6. The lowest BCUT2D eigenvalue weighted by Gasteiger charge is -2.11. The summed E-state index contributed by atoms with van der Waals surface area (Å²) in [5.41, 5.74) is 3.63. The van der Waals surface area contributed by atoms with Crippen LogP contribution in [0.2, 0.25) is 0 Å². The lowest BCUT2D eigenvalue weighted by atomic mass is 10.1. The molecule has 4 nitrogen and oxygen atoms in total. The van der Waals surface area contributed by atoms with Crippen LogP contribution in [0.1, 0.15) is 34.0 Å². The number of hydrogen-bond donors (Lipinski definition) is 0. The predicted octanol–water partition coefficient (Wildman–Crippen LogP) is 4.91. The number of carbonyl (C=O) groups excluding carboxylic acids is 2. The third-order valence-corrected chi connectivity index (χ3v) is 4.30. The zero-order chi connectivity index (χ0) is 18.8. The first-order valence-electron chi connectivity index (χ1n) is 8.36. The molecule has 0 saturated carbocycles. The third kappa shape index (κ3) is 3.75. The molecule has 0 atom stereocenters. The summed E-state index contributed by atoms with van der Waals surface area (Å²) < 4.78 is 10.7. The van der Waals surface area contributed by atoms with Crippen LogP contribution in [0.25, 0.3) is 10.8 Å². The van der Waals surface area contributed by atoms with Crippen LogP contribution in [0.5, 0.6) is 11.5 Å². The maximum absolute atomic E-state index is 12.5. The molecule has 0 aliphatic rings. The van der Waals surface area contributed by atoms with Crippen molar-refractivity contribution in [2.45, 2.75) is 27.7 Å². The highest BCUT2D eigenvalue weighted by atomic mass is 16.5. The quantitative estimate of drug-likeness (QED) is 0.498. The molecule has 0 heterocycles. The molecular formula is C22H20O4. The number of hydrogen-bond acceptors (Lipinski definition) is 4. The van der Waals surface area contributed by atoms with Gasteiger partial charge >= 0.3 is 11.9 Å². The van der Waals surface area contributed by atoms with Gasteiger partial charge in [0.15, 0.2) is 0 Å². The van der Waals surface area contributed by atoms with Gasteiger partial charge in [-0.25, -0.2) is 4.79 Å². The molecule has 26 heavy (non-hydrogen) atoms. The number of esters is 2. The lowest BCUT2D eigenvalue weighted by Crippen LogP contribution is -2.09. The molecule has 0 saturated heterocycles. The van der Waals surface area contributed by atoms with Crippen molar-refractivity contribution in [3.63, 3.8) is 0 Å². The van der Waals surface area contributed by atoms with Gasteiger partial charge in [0.1, 0.15) is 11.5 Å². The van der Waals surface area contributed by atoms with Crippen LogP contribution in [0.15, 0.2) is 48.5 Å². The molecule has 0 unspecified atom stereocenters. The van der Waals surface area contributed by atoms with Crippen molar-refractivity contribution in [1.29, 1.82) is 0 Å². The maximum atomic E-state index is 12.5. The third-order valence-electron chi connectivity index (χ3n) is 4.30. The van der Waals surface area contributed by atoms with Gasteiger partial charge in [0, 0.05) is 6.92 Å².